The Kier molecular flexibility index (Phi) is 6.95. The van der Waals surface area contributed by atoms with E-state index in [-0.39, 0.29) is 17.1 Å². The van der Waals surface area contributed by atoms with Gasteiger partial charge in [-0.3, -0.25) is 9.59 Å². The van der Waals surface area contributed by atoms with Gasteiger partial charge in [-0.2, -0.15) is 5.10 Å². The molecule has 3 rings (SSSR count). The summed E-state index contributed by atoms with van der Waals surface area (Å²) in [5.74, 6) is -0.564. The van der Waals surface area contributed by atoms with E-state index in [2.05, 4.69) is 22.5 Å². The number of unbranched alkanes of at least 4 members (excludes halogenated alkanes) is 3. The second-order valence-electron chi connectivity index (χ2n) is 6.93. The van der Waals surface area contributed by atoms with E-state index in [0.717, 1.165) is 25.7 Å². The van der Waals surface area contributed by atoms with E-state index in [1.807, 2.05) is 0 Å². The van der Waals surface area contributed by atoms with Crippen molar-refractivity contribution in [3.05, 3.63) is 52.1 Å². The average molecular weight is 412 g/mol. The van der Waals surface area contributed by atoms with Gasteiger partial charge in [0.2, 0.25) is 0 Å². The highest BCUT2D eigenvalue weighted by molar-refractivity contribution is 6.03. The second-order valence-corrected chi connectivity index (χ2v) is 6.93. The average Bonchev–Trinajstić information content (AvgIpc) is 3.15. The lowest BCUT2D eigenvalue weighted by Gasteiger charge is -2.11. The minimum Gasteiger partial charge on any atom is -0.451 e. The summed E-state index contributed by atoms with van der Waals surface area (Å²) in [5.41, 5.74) is -0.247. The Balaban J connectivity index is 1.75. The van der Waals surface area contributed by atoms with Crippen molar-refractivity contribution in [3.63, 3.8) is 0 Å². The van der Waals surface area contributed by atoms with Crippen LogP contribution in [0.25, 0.3) is 10.8 Å². The van der Waals surface area contributed by atoms with E-state index in [4.69, 9.17) is 9.26 Å². The van der Waals surface area contributed by atoms with Gasteiger partial charge < -0.3 is 14.6 Å². The van der Waals surface area contributed by atoms with Gasteiger partial charge in [-0.1, -0.05) is 49.5 Å². The van der Waals surface area contributed by atoms with Crippen LogP contribution in [0.3, 0.4) is 0 Å². The van der Waals surface area contributed by atoms with Crippen molar-refractivity contribution in [3.8, 4) is 0 Å². The number of carbonyl (C=O) groups is 2. The summed E-state index contributed by atoms with van der Waals surface area (Å²) in [5, 5.41) is 11.1. The summed E-state index contributed by atoms with van der Waals surface area (Å²) < 4.78 is 11.3. The number of hydrogen-bond acceptors (Lipinski definition) is 7. The number of hydrogen-bond donors (Lipinski definition) is 1. The summed E-state index contributed by atoms with van der Waals surface area (Å²) in [6.07, 6.45) is 3.90. The van der Waals surface area contributed by atoms with E-state index < -0.39 is 18.5 Å². The molecule has 9 heteroatoms. The predicted octanol–water partition coefficient (Wildman–Crippen LogP) is 3.07. The number of amides is 1. The molecular weight excluding hydrogens is 388 g/mol. The highest BCUT2D eigenvalue weighted by Crippen LogP contribution is 2.15. The van der Waals surface area contributed by atoms with Crippen LogP contribution in [0.4, 0.5) is 5.82 Å². The Morgan fingerprint density at radius 2 is 1.93 bits per heavy atom. The molecule has 2 aromatic heterocycles. The van der Waals surface area contributed by atoms with Crippen molar-refractivity contribution in [1.29, 1.82) is 0 Å². The number of nitrogens with one attached hydrogen (secondary N) is 1. The zero-order valence-corrected chi connectivity index (χ0v) is 17.0. The molecule has 30 heavy (non-hydrogen) atoms. The van der Waals surface area contributed by atoms with E-state index in [1.54, 1.807) is 37.3 Å². The van der Waals surface area contributed by atoms with Crippen LogP contribution in [-0.4, -0.2) is 33.4 Å². The van der Waals surface area contributed by atoms with Crippen molar-refractivity contribution in [2.75, 3.05) is 11.9 Å². The van der Waals surface area contributed by atoms with Gasteiger partial charge in [-0.05, 0) is 19.4 Å². The van der Waals surface area contributed by atoms with E-state index in [1.165, 1.54) is 4.68 Å². The lowest BCUT2D eigenvalue weighted by molar-refractivity contribution is -0.119. The van der Waals surface area contributed by atoms with Crippen LogP contribution in [0.5, 0.6) is 0 Å². The molecule has 9 nitrogen and oxygen atoms in total. The largest absolute Gasteiger partial charge is 0.451 e. The zero-order valence-electron chi connectivity index (χ0n) is 17.0. The number of fused-ring (bicyclic) bond motifs is 1. The fraction of sp³-hybridized carbons (Fsp3) is 0.381. The lowest BCUT2D eigenvalue weighted by Crippen LogP contribution is -2.28. The highest BCUT2D eigenvalue weighted by atomic mass is 16.5. The van der Waals surface area contributed by atoms with E-state index in [9.17, 15) is 14.4 Å². The third kappa shape index (κ3) is 5.11. The molecule has 0 aliphatic rings. The maximum absolute atomic E-state index is 12.7. The molecule has 0 aliphatic carbocycles. The van der Waals surface area contributed by atoms with Gasteiger partial charge in [0, 0.05) is 18.0 Å². The fourth-order valence-electron chi connectivity index (χ4n) is 3.03. The van der Waals surface area contributed by atoms with Gasteiger partial charge in [0.05, 0.1) is 5.39 Å². The van der Waals surface area contributed by atoms with Gasteiger partial charge in [0.1, 0.15) is 5.76 Å². The van der Waals surface area contributed by atoms with Crippen LogP contribution in [-0.2, 0) is 16.1 Å². The summed E-state index contributed by atoms with van der Waals surface area (Å²) in [7, 11) is 0. The highest BCUT2D eigenvalue weighted by Gasteiger charge is 2.19. The molecule has 0 aliphatic heterocycles. The van der Waals surface area contributed by atoms with E-state index in [0.29, 0.717) is 23.1 Å². The number of nitrogens with zero attached hydrogens (tertiary/aromatic N) is 3. The minimum atomic E-state index is -0.778. The first-order valence-electron chi connectivity index (χ1n) is 9.89. The molecule has 0 spiro atoms. The fourth-order valence-corrected chi connectivity index (χ4v) is 3.03. The molecule has 0 radical (unpaired) electrons. The molecule has 0 saturated carbocycles. The SMILES string of the molecule is CCCCCCn1nc(C(=O)OCC(=O)Nc2cc(C)on2)c2ccccc2c1=O. The molecule has 0 saturated heterocycles. The number of esters is 1. The monoisotopic (exact) mass is 412 g/mol. The van der Waals surface area contributed by atoms with Crippen LogP contribution in [0.1, 0.15) is 48.9 Å². The zero-order chi connectivity index (χ0) is 21.5. The number of rotatable bonds is 9. The standard InChI is InChI=1S/C21H24N4O5/c1-3-4-5-8-11-25-20(27)16-10-7-6-9-15(16)19(23-25)21(28)29-13-18(26)22-17-12-14(2)30-24-17/h6-7,9-10,12H,3-5,8,11,13H2,1-2H3,(H,22,24,26). The summed E-state index contributed by atoms with van der Waals surface area (Å²) in [4.78, 5) is 37.4. The first-order valence-corrected chi connectivity index (χ1v) is 9.89. The predicted molar refractivity (Wildman–Crippen MR) is 110 cm³/mol. The molecule has 0 bridgehead atoms. The second kappa shape index (κ2) is 9.82. The third-order valence-electron chi connectivity index (χ3n) is 4.51. The van der Waals surface area contributed by atoms with Gasteiger partial charge in [0.25, 0.3) is 11.5 Å². The molecule has 0 fully saturated rings. The first kappa shape index (κ1) is 21.2. The molecule has 1 aromatic carbocycles. The smallest absolute Gasteiger partial charge is 0.359 e. The Morgan fingerprint density at radius 3 is 2.63 bits per heavy atom. The molecule has 0 unspecified atom stereocenters. The number of benzene rings is 1. The van der Waals surface area contributed by atoms with Crippen LogP contribution in [0.15, 0.2) is 39.6 Å². The van der Waals surface area contributed by atoms with Crippen LogP contribution >= 0.6 is 0 Å². The van der Waals surface area contributed by atoms with Crippen molar-refractivity contribution in [1.82, 2.24) is 14.9 Å². The Bertz CT molecular complexity index is 1100. The summed E-state index contributed by atoms with van der Waals surface area (Å²) in [6, 6.07) is 8.28. The number of carbonyl (C=O) groups excluding carboxylic acids is 2. The quantitative estimate of drug-likeness (QED) is 0.424. The van der Waals surface area contributed by atoms with Crippen molar-refractivity contribution < 1.29 is 18.8 Å². The molecule has 3 aromatic rings. The Morgan fingerprint density at radius 1 is 1.17 bits per heavy atom. The van der Waals surface area contributed by atoms with Gasteiger partial charge in [-0.15, -0.1) is 0 Å². The number of aromatic nitrogens is 3. The maximum Gasteiger partial charge on any atom is 0.359 e. The summed E-state index contributed by atoms with van der Waals surface area (Å²) in [6.45, 7) is 3.69. The maximum atomic E-state index is 12.7. The van der Waals surface area contributed by atoms with Crippen molar-refractivity contribution in [2.45, 2.75) is 46.1 Å². The van der Waals surface area contributed by atoms with Gasteiger partial charge in [-0.25, -0.2) is 9.48 Å². The number of ether oxygens (including phenoxy) is 1. The van der Waals surface area contributed by atoms with E-state index >= 15 is 0 Å². The minimum absolute atomic E-state index is 0.00534. The molecule has 1 N–H and O–H groups in total. The molecule has 158 valence electrons. The normalized spacial score (nSPS) is 10.9. The van der Waals surface area contributed by atoms with Crippen molar-refractivity contribution >= 4 is 28.5 Å². The van der Waals surface area contributed by atoms with Crippen molar-refractivity contribution in [2.24, 2.45) is 0 Å². The molecule has 0 atom stereocenters. The Labute approximate surface area is 173 Å². The summed E-state index contributed by atoms with van der Waals surface area (Å²) >= 11 is 0. The molecular formula is C21H24N4O5. The van der Waals surface area contributed by atoms with Gasteiger partial charge >= 0.3 is 5.97 Å². The van der Waals surface area contributed by atoms with Crippen LogP contribution in [0.2, 0.25) is 0 Å². The van der Waals surface area contributed by atoms with Crippen LogP contribution in [0, 0.1) is 6.92 Å². The number of aryl methyl sites for hydroxylation is 2. The third-order valence-corrected chi connectivity index (χ3v) is 4.51. The Hall–Kier alpha value is -3.49. The molecule has 1 amide bonds. The topological polar surface area (TPSA) is 116 Å². The first-order chi connectivity index (χ1) is 14.5. The number of anilines is 1. The van der Waals surface area contributed by atoms with Gasteiger partial charge in [0.15, 0.2) is 18.1 Å². The van der Waals surface area contributed by atoms with Crippen LogP contribution < -0.4 is 10.9 Å². The lowest BCUT2D eigenvalue weighted by atomic mass is 10.1. The molecule has 2 heterocycles.